The van der Waals surface area contributed by atoms with Crippen molar-refractivity contribution in [1.29, 1.82) is 0 Å². The van der Waals surface area contributed by atoms with Gasteiger partial charge in [-0.1, -0.05) is 24.4 Å². The molecule has 2 aliphatic heterocycles. The molecule has 30 heavy (non-hydrogen) atoms. The average Bonchev–Trinajstić information content (AvgIpc) is 3.49. The number of carbonyl (C=O) groups is 1. The summed E-state index contributed by atoms with van der Waals surface area (Å²) >= 11 is 0. The number of rotatable bonds is 4. The van der Waals surface area contributed by atoms with Gasteiger partial charge in [-0.2, -0.15) is 4.98 Å². The molecule has 0 radical (unpaired) electrons. The van der Waals surface area contributed by atoms with E-state index in [0.717, 1.165) is 38.2 Å². The Kier molecular flexibility index (Phi) is 4.75. The summed E-state index contributed by atoms with van der Waals surface area (Å²) in [5, 5.41) is 3.87. The Hall–Kier alpha value is -2.51. The molecule has 2 saturated heterocycles. The predicted molar refractivity (Wildman–Crippen MR) is 109 cm³/mol. The zero-order valence-corrected chi connectivity index (χ0v) is 17.6. The molecule has 2 atom stereocenters. The van der Waals surface area contributed by atoms with Gasteiger partial charge in [0.1, 0.15) is 5.82 Å². The molecule has 2 unspecified atom stereocenters. The number of aromatic nitrogens is 3. The van der Waals surface area contributed by atoms with E-state index < -0.39 is 5.67 Å². The number of pyridine rings is 1. The van der Waals surface area contributed by atoms with Crippen molar-refractivity contribution < 1.29 is 13.7 Å². The lowest BCUT2D eigenvalue weighted by molar-refractivity contribution is -0.137. The molecule has 8 heteroatoms. The van der Waals surface area contributed by atoms with Crippen LogP contribution in [0.15, 0.2) is 22.9 Å². The minimum absolute atomic E-state index is 0.0406. The van der Waals surface area contributed by atoms with Crippen molar-refractivity contribution in [3.63, 3.8) is 0 Å². The number of fused-ring (bicyclic) bond motifs is 2. The average molecular weight is 413 g/mol. The van der Waals surface area contributed by atoms with Crippen molar-refractivity contribution in [1.82, 2.24) is 20.0 Å². The summed E-state index contributed by atoms with van der Waals surface area (Å²) in [5.41, 5.74) is -0.981. The minimum Gasteiger partial charge on any atom is -0.350 e. The first kappa shape index (κ1) is 19.5. The SMILES string of the molecule is CC(C)(F)c1nc(-c2ccc(N3CC4CC3CN4C(=O)C3CCCCC3)nc2)no1. The molecule has 0 aromatic carbocycles. The molecule has 3 fully saturated rings. The van der Waals surface area contributed by atoms with E-state index in [-0.39, 0.29) is 17.9 Å². The van der Waals surface area contributed by atoms with E-state index in [0.29, 0.717) is 23.3 Å². The molecule has 0 N–H and O–H groups in total. The minimum atomic E-state index is -1.67. The number of anilines is 1. The summed E-state index contributed by atoms with van der Waals surface area (Å²) in [5.74, 6) is 1.79. The van der Waals surface area contributed by atoms with Gasteiger partial charge < -0.3 is 14.3 Å². The van der Waals surface area contributed by atoms with Crippen LogP contribution in [0, 0.1) is 5.92 Å². The van der Waals surface area contributed by atoms with Crippen molar-refractivity contribution in [3.05, 3.63) is 24.2 Å². The molecule has 1 aliphatic carbocycles. The highest BCUT2D eigenvalue weighted by atomic mass is 19.1. The summed E-state index contributed by atoms with van der Waals surface area (Å²) in [7, 11) is 0. The maximum absolute atomic E-state index is 14.0. The Morgan fingerprint density at radius 1 is 1.17 bits per heavy atom. The number of hydrogen-bond donors (Lipinski definition) is 0. The van der Waals surface area contributed by atoms with Crippen LogP contribution in [0.2, 0.25) is 0 Å². The largest absolute Gasteiger partial charge is 0.350 e. The van der Waals surface area contributed by atoms with Crippen LogP contribution < -0.4 is 4.90 Å². The topological polar surface area (TPSA) is 75.4 Å². The molecule has 4 heterocycles. The second kappa shape index (κ2) is 7.32. The first-order valence-corrected chi connectivity index (χ1v) is 11.0. The number of piperazine rings is 1. The molecule has 2 aromatic heterocycles. The highest BCUT2D eigenvalue weighted by molar-refractivity contribution is 5.80. The van der Waals surface area contributed by atoms with Gasteiger partial charge in [-0.05, 0) is 45.2 Å². The van der Waals surface area contributed by atoms with Gasteiger partial charge in [0.25, 0.3) is 5.89 Å². The van der Waals surface area contributed by atoms with E-state index in [1.54, 1.807) is 6.20 Å². The lowest BCUT2D eigenvalue weighted by Crippen LogP contribution is -2.50. The van der Waals surface area contributed by atoms with Gasteiger partial charge in [0, 0.05) is 30.8 Å². The van der Waals surface area contributed by atoms with Crippen molar-refractivity contribution in [2.45, 2.75) is 70.1 Å². The third kappa shape index (κ3) is 3.46. The molecule has 1 saturated carbocycles. The van der Waals surface area contributed by atoms with Gasteiger partial charge in [0.2, 0.25) is 11.7 Å². The number of likely N-dealkylation sites (tertiary alicyclic amines) is 1. The Labute approximate surface area is 175 Å². The molecule has 2 aromatic rings. The highest BCUT2D eigenvalue weighted by Gasteiger charge is 2.46. The maximum Gasteiger partial charge on any atom is 0.264 e. The Morgan fingerprint density at radius 3 is 2.57 bits per heavy atom. The number of carbonyl (C=O) groups excluding carboxylic acids is 1. The van der Waals surface area contributed by atoms with Crippen LogP contribution >= 0.6 is 0 Å². The second-order valence-corrected chi connectivity index (χ2v) is 9.32. The highest BCUT2D eigenvalue weighted by Crippen LogP contribution is 2.37. The molecule has 5 rings (SSSR count). The van der Waals surface area contributed by atoms with Gasteiger partial charge in [0.15, 0.2) is 5.67 Å². The number of nitrogens with zero attached hydrogens (tertiary/aromatic N) is 5. The van der Waals surface area contributed by atoms with Crippen LogP contribution in [0.25, 0.3) is 11.4 Å². The zero-order chi connectivity index (χ0) is 20.9. The fourth-order valence-electron chi connectivity index (χ4n) is 5.07. The molecule has 160 valence electrons. The molecule has 2 bridgehead atoms. The Balaban J connectivity index is 1.25. The van der Waals surface area contributed by atoms with E-state index >= 15 is 0 Å². The molecule has 3 aliphatic rings. The molecule has 1 amide bonds. The number of amides is 1. The van der Waals surface area contributed by atoms with Crippen LogP contribution in [0.3, 0.4) is 0 Å². The first-order valence-electron chi connectivity index (χ1n) is 11.0. The van der Waals surface area contributed by atoms with Crippen LogP contribution in [-0.2, 0) is 10.5 Å². The van der Waals surface area contributed by atoms with Crippen molar-refractivity contribution >= 4 is 11.7 Å². The molecule has 0 spiro atoms. The van der Waals surface area contributed by atoms with Crippen LogP contribution in [-0.4, -0.2) is 51.1 Å². The molecule has 7 nitrogen and oxygen atoms in total. The third-order valence-electron chi connectivity index (χ3n) is 6.71. The Bertz CT molecular complexity index is 916. The Morgan fingerprint density at radius 2 is 1.97 bits per heavy atom. The van der Waals surface area contributed by atoms with Crippen molar-refractivity contribution in [2.75, 3.05) is 18.0 Å². The van der Waals surface area contributed by atoms with Gasteiger partial charge in [-0.25, -0.2) is 9.37 Å². The van der Waals surface area contributed by atoms with Gasteiger partial charge in [-0.15, -0.1) is 0 Å². The maximum atomic E-state index is 14.0. The molecular formula is C22H28FN5O2. The normalized spacial score (nSPS) is 24.6. The van der Waals surface area contributed by atoms with E-state index in [1.165, 1.54) is 33.1 Å². The lowest BCUT2D eigenvalue weighted by atomic mass is 9.88. The van der Waals surface area contributed by atoms with Crippen LogP contribution in [0.4, 0.5) is 10.2 Å². The fraction of sp³-hybridized carbons (Fsp3) is 0.636. The summed E-state index contributed by atoms with van der Waals surface area (Å²) in [4.78, 5) is 26.1. The van der Waals surface area contributed by atoms with Crippen LogP contribution in [0.5, 0.6) is 0 Å². The van der Waals surface area contributed by atoms with E-state index in [9.17, 15) is 9.18 Å². The summed E-state index contributed by atoms with van der Waals surface area (Å²) in [6, 6.07) is 4.45. The van der Waals surface area contributed by atoms with Crippen LogP contribution in [0.1, 0.15) is 58.3 Å². The smallest absolute Gasteiger partial charge is 0.264 e. The fourth-order valence-corrected chi connectivity index (χ4v) is 5.07. The number of alkyl halides is 1. The summed E-state index contributed by atoms with van der Waals surface area (Å²) in [6.45, 7) is 4.40. The monoisotopic (exact) mass is 413 g/mol. The molecular weight excluding hydrogens is 385 g/mol. The second-order valence-electron chi connectivity index (χ2n) is 9.32. The van der Waals surface area contributed by atoms with Crippen molar-refractivity contribution in [2.24, 2.45) is 5.92 Å². The first-order chi connectivity index (χ1) is 14.4. The quantitative estimate of drug-likeness (QED) is 0.761. The number of halogens is 1. The van der Waals surface area contributed by atoms with Gasteiger partial charge >= 0.3 is 0 Å². The third-order valence-corrected chi connectivity index (χ3v) is 6.71. The van der Waals surface area contributed by atoms with Gasteiger partial charge in [0.05, 0.1) is 12.1 Å². The predicted octanol–water partition coefficient (Wildman–Crippen LogP) is 3.71. The van der Waals surface area contributed by atoms with E-state index in [2.05, 4.69) is 24.9 Å². The van der Waals surface area contributed by atoms with E-state index in [1.807, 2.05) is 12.1 Å². The summed E-state index contributed by atoms with van der Waals surface area (Å²) in [6.07, 6.45) is 8.46. The zero-order valence-electron chi connectivity index (χ0n) is 17.6. The van der Waals surface area contributed by atoms with E-state index in [4.69, 9.17) is 4.52 Å². The summed E-state index contributed by atoms with van der Waals surface area (Å²) < 4.78 is 19.0. The number of hydrogen-bond acceptors (Lipinski definition) is 6. The van der Waals surface area contributed by atoms with Crippen molar-refractivity contribution in [3.8, 4) is 11.4 Å². The standard InChI is InChI=1S/C22H28FN5O2/c1-22(2,23)21-25-19(26-30-21)15-8-9-18(24-11-15)27-12-17-10-16(27)13-28(17)20(29)14-6-4-3-5-7-14/h8-9,11,14,16-17H,3-7,10,12-13H2,1-2H3. The lowest BCUT2D eigenvalue weighted by Gasteiger charge is -2.37. The van der Waals surface area contributed by atoms with Gasteiger partial charge in [-0.3, -0.25) is 4.79 Å².